The highest BCUT2D eigenvalue weighted by Crippen LogP contribution is 2.17. The first-order valence-electron chi connectivity index (χ1n) is 8.65. The number of halogens is 1. The molecule has 1 aromatic carbocycles. The van der Waals surface area contributed by atoms with Crippen LogP contribution in [0.4, 0.5) is 0 Å². The van der Waals surface area contributed by atoms with Crippen molar-refractivity contribution in [1.82, 2.24) is 9.38 Å². The highest BCUT2D eigenvalue weighted by Gasteiger charge is 2.07. The number of nitrogens with zero attached hydrogens (tertiary/aromatic N) is 2. The van der Waals surface area contributed by atoms with Crippen molar-refractivity contribution in [2.45, 2.75) is 19.4 Å². The van der Waals surface area contributed by atoms with Crippen LogP contribution < -0.4 is 15.0 Å². The Kier molecular flexibility index (Phi) is 6.65. The predicted octanol–water partition coefficient (Wildman–Crippen LogP) is 3.37. The maximum absolute atomic E-state index is 12.1. The maximum Gasteiger partial charge on any atom is 0.306 e. The molecule has 0 radical (unpaired) electrons. The minimum atomic E-state index is -0.365. The van der Waals surface area contributed by atoms with Crippen LogP contribution in [-0.4, -0.2) is 29.1 Å². The third kappa shape index (κ3) is 5.32. The Morgan fingerprint density at radius 1 is 1.14 bits per heavy atom. The van der Waals surface area contributed by atoms with E-state index in [0.29, 0.717) is 30.1 Å². The number of rotatable bonds is 8. The van der Waals surface area contributed by atoms with Gasteiger partial charge in [0.15, 0.2) is 0 Å². The van der Waals surface area contributed by atoms with Crippen molar-refractivity contribution in [3.05, 3.63) is 69.2 Å². The molecule has 0 aliphatic heterocycles. The van der Waals surface area contributed by atoms with Crippen LogP contribution in [0.25, 0.3) is 5.65 Å². The molecule has 7 nitrogen and oxygen atoms in total. The molecular weight excluding hydrogens is 428 g/mol. The van der Waals surface area contributed by atoms with Crippen LogP contribution in [0.15, 0.2) is 57.9 Å². The molecule has 28 heavy (non-hydrogen) atoms. The summed E-state index contributed by atoms with van der Waals surface area (Å²) in [6.07, 6.45) is 2.38. The smallest absolute Gasteiger partial charge is 0.306 e. The van der Waals surface area contributed by atoms with Gasteiger partial charge in [-0.1, -0.05) is 0 Å². The number of hydrogen-bond donors (Lipinski definition) is 0. The Bertz CT molecular complexity index is 1020. The average Bonchev–Trinajstić information content (AvgIpc) is 2.70. The van der Waals surface area contributed by atoms with Crippen LogP contribution in [0.3, 0.4) is 0 Å². The number of aromatic nitrogens is 2. The lowest BCUT2D eigenvalue weighted by Gasteiger charge is -2.08. The number of methoxy groups -OCH3 is 1. The Morgan fingerprint density at radius 2 is 1.89 bits per heavy atom. The first kappa shape index (κ1) is 19.9. The largest absolute Gasteiger partial charge is 0.497 e. The highest BCUT2D eigenvalue weighted by atomic mass is 79.9. The summed E-state index contributed by atoms with van der Waals surface area (Å²) >= 11 is 3.31. The number of hydrogen-bond acceptors (Lipinski definition) is 6. The molecule has 0 bridgehead atoms. The number of esters is 1. The molecule has 0 aliphatic rings. The van der Waals surface area contributed by atoms with E-state index in [1.165, 1.54) is 10.5 Å². The normalized spacial score (nSPS) is 10.6. The number of fused-ring (bicyclic) bond motifs is 1. The summed E-state index contributed by atoms with van der Waals surface area (Å²) in [5.41, 5.74) is 0.676. The number of carbonyl (C=O) groups excluding carboxylic acids is 1. The second kappa shape index (κ2) is 9.36. The van der Waals surface area contributed by atoms with Gasteiger partial charge in [-0.15, -0.1) is 0 Å². The molecular formula is C20H19BrN2O5. The molecule has 146 valence electrons. The summed E-state index contributed by atoms with van der Waals surface area (Å²) in [6, 6.07) is 12.1. The van der Waals surface area contributed by atoms with Gasteiger partial charge in [0.25, 0.3) is 5.56 Å². The molecule has 0 atom stereocenters. The third-order valence-corrected chi connectivity index (χ3v) is 4.38. The van der Waals surface area contributed by atoms with E-state index in [0.717, 1.165) is 10.2 Å². The summed E-state index contributed by atoms with van der Waals surface area (Å²) in [5, 5.41) is 0. The first-order valence-corrected chi connectivity index (χ1v) is 9.45. The van der Waals surface area contributed by atoms with Crippen LogP contribution in [0.5, 0.6) is 11.5 Å². The lowest BCUT2D eigenvalue weighted by atomic mass is 10.3. The van der Waals surface area contributed by atoms with Gasteiger partial charge in [0.05, 0.1) is 19.4 Å². The Hall–Kier alpha value is -2.87. The fourth-order valence-electron chi connectivity index (χ4n) is 2.51. The monoisotopic (exact) mass is 446 g/mol. The molecule has 0 unspecified atom stereocenters. The van der Waals surface area contributed by atoms with Crippen LogP contribution in [0.2, 0.25) is 0 Å². The second-order valence-electron chi connectivity index (χ2n) is 5.95. The van der Waals surface area contributed by atoms with Gasteiger partial charge in [-0.2, -0.15) is 0 Å². The number of ether oxygens (including phenoxy) is 3. The van der Waals surface area contributed by atoms with Crippen molar-refractivity contribution in [3.8, 4) is 11.5 Å². The number of benzene rings is 1. The van der Waals surface area contributed by atoms with E-state index >= 15 is 0 Å². The quantitative estimate of drug-likeness (QED) is 0.389. The molecule has 3 aromatic rings. The van der Waals surface area contributed by atoms with Gasteiger partial charge in [-0.25, -0.2) is 4.98 Å². The van der Waals surface area contributed by atoms with Gasteiger partial charge >= 0.3 is 5.97 Å². The zero-order chi connectivity index (χ0) is 19.9. The standard InChI is InChI=1S/C20H19BrN2O5/c1-26-16-5-7-17(8-6-16)27-10-2-3-20(25)28-13-15-11-19(24)23-12-14(21)4-9-18(23)22-15/h4-9,11-12H,2-3,10,13H2,1H3. The second-order valence-corrected chi connectivity index (χ2v) is 6.87. The Balaban J connectivity index is 1.44. The van der Waals surface area contributed by atoms with Crippen LogP contribution >= 0.6 is 15.9 Å². The Labute approximate surface area is 170 Å². The average molecular weight is 447 g/mol. The summed E-state index contributed by atoms with van der Waals surface area (Å²) in [4.78, 5) is 28.3. The fraction of sp³-hybridized carbons (Fsp3) is 0.250. The number of pyridine rings is 1. The van der Waals surface area contributed by atoms with Crippen LogP contribution in [0, 0.1) is 0 Å². The van der Waals surface area contributed by atoms with Crippen molar-refractivity contribution < 1.29 is 19.0 Å². The lowest BCUT2D eigenvalue weighted by Crippen LogP contribution is -2.16. The van der Waals surface area contributed by atoms with E-state index in [2.05, 4.69) is 20.9 Å². The molecule has 0 saturated heterocycles. The van der Waals surface area contributed by atoms with E-state index in [1.807, 2.05) is 0 Å². The molecule has 0 spiro atoms. The van der Waals surface area contributed by atoms with E-state index in [-0.39, 0.29) is 24.6 Å². The molecule has 3 rings (SSSR count). The summed E-state index contributed by atoms with van der Waals surface area (Å²) in [7, 11) is 1.60. The summed E-state index contributed by atoms with van der Waals surface area (Å²) < 4.78 is 18.1. The summed E-state index contributed by atoms with van der Waals surface area (Å²) in [6.45, 7) is 0.353. The molecule has 0 fully saturated rings. The van der Waals surface area contributed by atoms with Crippen LogP contribution in [-0.2, 0) is 16.1 Å². The zero-order valence-electron chi connectivity index (χ0n) is 15.3. The molecule has 0 saturated carbocycles. The zero-order valence-corrected chi connectivity index (χ0v) is 16.8. The first-order chi connectivity index (χ1) is 13.5. The molecule has 8 heteroatoms. The fourth-order valence-corrected chi connectivity index (χ4v) is 2.84. The minimum absolute atomic E-state index is 0.0417. The van der Waals surface area contributed by atoms with Gasteiger partial charge < -0.3 is 14.2 Å². The van der Waals surface area contributed by atoms with Crippen molar-refractivity contribution in [1.29, 1.82) is 0 Å². The van der Waals surface area contributed by atoms with Crippen molar-refractivity contribution in [2.24, 2.45) is 0 Å². The van der Waals surface area contributed by atoms with E-state index in [4.69, 9.17) is 14.2 Å². The highest BCUT2D eigenvalue weighted by molar-refractivity contribution is 9.10. The van der Waals surface area contributed by atoms with Gasteiger partial charge in [0, 0.05) is 23.2 Å². The van der Waals surface area contributed by atoms with Crippen molar-refractivity contribution in [2.75, 3.05) is 13.7 Å². The van der Waals surface area contributed by atoms with Crippen LogP contribution in [0.1, 0.15) is 18.5 Å². The van der Waals surface area contributed by atoms with Gasteiger partial charge in [-0.3, -0.25) is 14.0 Å². The van der Waals surface area contributed by atoms with Crippen molar-refractivity contribution in [3.63, 3.8) is 0 Å². The van der Waals surface area contributed by atoms with E-state index in [1.54, 1.807) is 49.7 Å². The Morgan fingerprint density at radius 3 is 2.64 bits per heavy atom. The topological polar surface area (TPSA) is 79.1 Å². The molecule has 2 heterocycles. The van der Waals surface area contributed by atoms with E-state index in [9.17, 15) is 9.59 Å². The SMILES string of the molecule is COc1ccc(OCCCC(=O)OCc2cc(=O)n3cc(Br)ccc3n2)cc1. The van der Waals surface area contributed by atoms with E-state index < -0.39 is 0 Å². The summed E-state index contributed by atoms with van der Waals surface area (Å²) in [5.74, 6) is 1.10. The minimum Gasteiger partial charge on any atom is -0.497 e. The van der Waals surface area contributed by atoms with Gasteiger partial charge in [0.2, 0.25) is 0 Å². The molecule has 0 aliphatic carbocycles. The third-order valence-electron chi connectivity index (χ3n) is 3.91. The number of carbonyl (C=O) groups is 1. The van der Waals surface area contributed by atoms with Gasteiger partial charge in [-0.05, 0) is 58.7 Å². The molecule has 2 aromatic heterocycles. The predicted molar refractivity (Wildman–Crippen MR) is 107 cm³/mol. The molecule has 0 N–H and O–H groups in total. The lowest BCUT2D eigenvalue weighted by molar-refractivity contribution is -0.145. The van der Waals surface area contributed by atoms with Crippen molar-refractivity contribution >= 4 is 27.5 Å². The maximum atomic E-state index is 12.1. The molecule has 0 amide bonds. The van der Waals surface area contributed by atoms with Gasteiger partial charge in [0.1, 0.15) is 23.8 Å².